The van der Waals surface area contributed by atoms with Crippen LogP contribution in [0.2, 0.25) is 0 Å². The molecule has 1 aromatic carbocycles. The first-order valence-corrected chi connectivity index (χ1v) is 6.66. The van der Waals surface area contributed by atoms with Crippen molar-refractivity contribution in [2.24, 2.45) is 0 Å². The van der Waals surface area contributed by atoms with Gasteiger partial charge in [0.1, 0.15) is 0 Å². The fraction of sp³-hybridized carbons (Fsp3) is 0.0769. The fourth-order valence-electron chi connectivity index (χ4n) is 1.83. The van der Waals surface area contributed by atoms with Crippen LogP contribution in [0.25, 0.3) is 22.2 Å². The van der Waals surface area contributed by atoms with Gasteiger partial charge >= 0.3 is 0 Å². The molecular weight excluding hydrogens is 278 g/mol. The van der Waals surface area contributed by atoms with Crippen LogP contribution in [0.1, 0.15) is 5.56 Å². The molecule has 0 saturated heterocycles. The molecule has 6 nitrogen and oxygen atoms in total. The summed E-state index contributed by atoms with van der Waals surface area (Å²) >= 11 is 1.51. The lowest BCUT2D eigenvalue weighted by atomic mass is 10.1. The van der Waals surface area contributed by atoms with Gasteiger partial charge < -0.3 is 4.42 Å². The Bertz CT molecular complexity index is 765. The monoisotopic (exact) mass is 287 g/mol. The highest BCUT2D eigenvalue weighted by Crippen LogP contribution is 2.29. The predicted octanol–water partition coefficient (Wildman–Crippen LogP) is 3.68. The van der Waals surface area contributed by atoms with Crippen LogP contribution in [0.15, 0.2) is 40.1 Å². The quantitative estimate of drug-likeness (QED) is 0.542. The minimum absolute atomic E-state index is 0.0757. The van der Waals surface area contributed by atoms with E-state index in [1.807, 2.05) is 17.5 Å². The summed E-state index contributed by atoms with van der Waals surface area (Å²) in [6.07, 6.45) is 0. The fourth-order valence-corrected chi connectivity index (χ4v) is 2.48. The molecule has 100 valence electrons. The standard InChI is InChI=1S/C13H9N3O3S/c1-8-7-9(4-5-10(8)16(17)18)12-14-15-13(19-12)11-3-2-6-20-11/h2-7H,1H3. The van der Waals surface area contributed by atoms with E-state index in [0.717, 1.165) is 4.88 Å². The van der Waals surface area contributed by atoms with E-state index >= 15 is 0 Å². The summed E-state index contributed by atoms with van der Waals surface area (Å²) < 4.78 is 5.59. The molecule has 0 radical (unpaired) electrons. The maximum absolute atomic E-state index is 10.8. The molecule has 0 amide bonds. The zero-order valence-corrected chi connectivity index (χ0v) is 11.3. The van der Waals surface area contributed by atoms with Crippen LogP contribution in [-0.2, 0) is 0 Å². The number of hydrogen-bond acceptors (Lipinski definition) is 6. The van der Waals surface area contributed by atoms with Crippen molar-refractivity contribution in [3.63, 3.8) is 0 Å². The summed E-state index contributed by atoms with van der Waals surface area (Å²) in [5.41, 5.74) is 1.30. The van der Waals surface area contributed by atoms with Crippen LogP contribution in [-0.4, -0.2) is 15.1 Å². The third-order valence-electron chi connectivity index (χ3n) is 2.80. The summed E-state index contributed by atoms with van der Waals surface area (Å²) in [4.78, 5) is 11.3. The second-order valence-electron chi connectivity index (χ2n) is 4.15. The smallest absolute Gasteiger partial charge is 0.272 e. The minimum Gasteiger partial charge on any atom is -0.415 e. The maximum Gasteiger partial charge on any atom is 0.272 e. The molecule has 0 fully saturated rings. The van der Waals surface area contributed by atoms with E-state index < -0.39 is 4.92 Å². The Morgan fingerprint density at radius 2 is 2.05 bits per heavy atom. The van der Waals surface area contributed by atoms with Gasteiger partial charge in [-0.1, -0.05) is 6.07 Å². The highest BCUT2D eigenvalue weighted by molar-refractivity contribution is 7.13. The normalized spacial score (nSPS) is 10.7. The zero-order chi connectivity index (χ0) is 14.1. The van der Waals surface area contributed by atoms with Gasteiger partial charge in [-0.05, 0) is 30.5 Å². The second-order valence-corrected chi connectivity index (χ2v) is 5.10. The number of benzene rings is 1. The Labute approximate surface area is 117 Å². The van der Waals surface area contributed by atoms with Gasteiger partial charge in [-0.2, -0.15) is 0 Å². The molecule has 0 unspecified atom stereocenters. The lowest BCUT2D eigenvalue weighted by Gasteiger charge is -1.98. The van der Waals surface area contributed by atoms with Crippen molar-refractivity contribution >= 4 is 17.0 Å². The largest absolute Gasteiger partial charge is 0.415 e. The Morgan fingerprint density at radius 1 is 1.25 bits per heavy atom. The van der Waals surface area contributed by atoms with Gasteiger partial charge in [0.05, 0.1) is 9.80 Å². The molecule has 0 N–H and O–H groups in total. The van der Waals surface area contributed by atoms with E-state index in [4.69, 9.17) is 4.42 Å². The molecule has 3 rings (SSSR count). The number of nitro benzene ring substituents is 1. The van der Waals surface area contributed by atoms with E-state index in [9.17, 15) is 10.1 Å². The lowest BCUT2D eigenvalue weighted by Crippen LogP contribution is -1.91. The summed E-state index contributed by atoms with van der Waals surface area (Å²) in [7, 11) is 0. The number of nitrogens with zero attached hydrogens (tertiary/aromatic N) is 3. The Hall–Kier alpha value is -2.54. The molecule has 0 saturated carbocycles. The van der Waals surface area contributed by atoms with Crippen LogP contribution in [0.4, 0.5) is 5.69 Å². The van der Waals surface area contributed by atoms with E-state index in [-0.39, 0.29) is 5.69 Å². The van der Waals surface area contributed by atoms with Gasteiger partial charge in [0, 0.05) is 17.2 Å². The van der Waals surface area contributed by atoms with E-state index in [1.165, 1.54) is 17.4 Å². The first-order chi connectivity index (χ1) is 9.65. The third kappa shape index (κ3) is 2.19. The first-order valence-electron chi connectivity index (χ1n) is 5.78. The summed E-state index contributed by atoms with van der Waals surface area (Å²) in [5, 5.41) is 20.7. The van der Waals surface area contributed by atoms with Gasteiger partial charge in [-0.3, -0.25) is 10.1 Å². The maximum atomic E-state index is 10.8. The number of aryl methyl sites for hydroxylation is 1. The molecule has 7 heteroatoms. The Morgan fingerprint density at radius 3 is 2.70 bits per heavy atom. The van der Waals surface area contributed by atoms with Gasteiger partial charge in [-0.15, -0.1) is 21.5 Å². The minimum atomic E-state index is -0.413. The number of hydrogen-bond donors (Lipinski definition) is 0. The lowest BCUT2D eigenvalue weighted by molar-refractivity contribution is -0.385. The van der Waals surface area contributed by atoms with Crippen LogP contribution < -0.4 is 0 Å². The summed E-state index contributed by atoms with van der Waals surface area (Å²) in [6, 6.07) is 8.52. The van der Waals surface area contributed by atoms with Crippen molar-refractivity contribution in [3.8, 4) is 22.2 Å². The summed E-state index contributed by atoms with van der Waals surface area (Å²) in [6.45, 7) is 1.68. The third-order valence-corrected chi connectivity index (χ3v) is 3.66. The topological polar surface area (TPSA) is 82.1 Å². The van der Waals surface area contributed by atoms with Crippen molar-refractivity contribution in [1.29, 1.82) is 0 Å². The average Bonchev–Trinajstić information content (AvgIpc) is 3.09. The van der Waals surface area contributed by atoms with Crippen LogP contribution in [0.3, 0.4) is 0 Å². The van der Waals surface area contributed by atoms with E-state index in [0.29, 0.717) is 22.9 Å². The van der Waals surface area contributed by atoms with Gasteiger partial charge in [0.2, 0.25) is 5.89 Å². The Balaban J connectivity index is 1.98. The van der Waals surface area contributed by atoms with E-state index in [2.05, 4.69) is 10.2 Å². The van der Waals surface area contributed by atoms with Crippen LogP contribution in [0, 0.1) is 17.0 Å². The number of thiophene rings is 1. The molecule has 2 heterocycles. The molecule has 0 atom stereocenters. The molecule has 0 aliphatic carbocycles. The van der Waals surface area contributed by atoms with Crippen molar-refractivity contribution in [1.82, 2.24) is 10.2 Å². The molecular formula is C13H9N3O3S. The van der Waals surface area contributed by atoms with Crippen molar-refractivity contribution < 1.29 is 9.34 Å². The molecule has 2 aromatic heterocycles. The van der Waals surface area contributed by atoms with Gasteiger partial charge in [-0.25, -0.2) is 0 Å². The predicted molar refractivity (Wildman–Crippen MR) is 74.4 cm³/mol. The number of rotatable bonds is 3. The van der Waals surface area contributed by atoms with E-state index in [1.54, 1.807) is 19.1 Å². The SMILES string of the molecule is Cc1cc(-c2nnc(-c3cccs3)o2)ccc1[N+](=O)[O-]. The average molecular weight is 287 g/mol. The molecule has 0 bridgehead atoms. The molecule has 0 aliphatic heterocycles. The van der Waals surface area contributed by atoms with Gasteiger partial charge in [0.25, 0.3) is 11.6 Å². The number of aromatic nitrogens is 2. The van der Waals surface area contributed by atoms with Crippen LogP contribution >= 0.6 is 11.3 Å². The zero-order valence-electron chi connectivity index (χ0n) is 10.4. The second kappa shape index (κ2) is 4.86. The first kappa shape index (κ1) is 12.5. The highest BCUT2D eigenvalue weighted by atomic mass is 32.1. The van der Waals surface area contributed by atoms with Gasteiger partial charge in [0.15, 0.2) is 0 Å². The summed E-state index contributed by atoms with van der Waals surface area (Å²) in [5.74, 6) is 0.803. The molecule has 3 aromatic rings. The Kier molecular flexibility index (Phi) is 3.03. The van der Waals surface area contributed by atoms with Crippen molar-refractivity contribution in [2.45, 2.75) is 6.92 Å². The highest BCUT2D eigenvalue weighted by Gasteiger charge is 2.15. The van der Waals surface area contributed by atoms with Crippen molar-refractivity contribution in [3.05, 3.63) is 51.4 Å². The molecule has 0 spiro atoms. The molecule has 20 heavy (non-hydrogen) atoms. The number of nitro groups is 1. The van der Waals surface area contributed by atoms with Crippen LogP contribution in [0.5, 0.6) is 0 Å². The van der Waals surface area contributed by atoms with Crippen molar-refractivity contribution in [2.75, 3.05) is 0 Å². The molecule has 0 aliphatic rings.